The first-order valence-corrected chi connectivity index (χ1v) is 5.14. The van der Waals surface area contributed by atoms with Crippen molar-refractivity contribution < 1.29 is 0 Å². The Morgan fingerprint density at radius 2 is 2.00 bits per heavy atom. The molecule has 0 aromatic carbocycles. The lowest BCUT2D eigenvalue weighted by Gasteiger charge is -2.09. The standard InChI is InChI=1S/C11H15N/c1-2-4-10-9(3-1)7-11(12-10)8-5-6-8/h7-8,12H,1-6H2. The zero-order chi connectivity index (χ0) is 7.97. The molecule has 1 N–H and O–H groups in total. The van der Waals surface area contributed by atoms with Crippen LogP contribution in [0.5, 0.6) is 0 Å². The van der Waals surface area contributed by atoms with Crippen molar-refractivity contribution >= 4 is 0 Å². The predicted octanol–water partition coefficient (Wildman–Crippen LogP) is 2.77. The third-order valence-electron chi connectivity index (χ3n) is 3.15. The second-order valence-corrected chi connectivity index (χ2v) is 4.21. The van der Waals surface area contributed by atoms with E-state index in [1.165, 1.54) is 44.2 Å². The van der Waals surface area contributed by atoms with Gasteiger partial charge in [0.15, 0.2) is 0 Å². The van der Waals surface area contributed by atoms with Crippen molar-refractivity contribution in [3.63, 3.8) is 0 Å². The van der Waals surface area contributed by atoms with Gasteiger partial charge in [0.25, 0.3) is 0 Å². The van der Waals surface area contributed by atoms with Crippen molar-refractivity contribution in [1.82, 2.24) is 4.98 Å². The van der Waals surface area contributed by atoms with Gasteiger partial charge in [-0.25, -0.2) is 0 Å². The Kier molecular flexibility index (Phi) is 1.34. The zero-order valence-corrected chi connectivity index (χ0v) is 7.40. The van der Waals surface area contributed by atoms with Gasteiger partial charge in [0.05, 0.1) is 0 Å². The summed E-state index contributed by atoms with van der Waals surface area (Å²) in [6, 6.07) is 2.42. The van der Waals surface area contributed by atoms with E-state index >= 15 is 0 Å². The Hall–Kier alpha value is -0.720. The topological polar surface area (TPSA) is 15.8 Å². The van der Waals surface area contributed by atoms with Gasteiger partial charge in [0.2, 0.25) is 0 Å². The van der Waals surface area contributed by atoms with Gasteiger partial charge in [-0.1, -0.05) is 0 Å². The minimum atomic E-state index is 0.899. The summed E-state index contributed by atoms with van der Waals surface area (Å²) in [6.07, 6.45) is 8.23. The molecule has 2 aliphatic carbocycles. The molecule has 1 heterocycles. The maximum absolute atomic E-state index is 3.60. The average Bonchev–Trinajstić information content (AvgIpc) is 2.85. The van der Waals surface area contributed by atoms with E-state index in [2.05, 4.69) is 11.1 Å². The van der Waals surface area contributed by atoms with E-state index in [4.69, 9.17) is 0 Å². The summed E-state index contributed by atoms with van der Waals surface area (Å²) in [4.78, 5) is 3.60. The molecule has 2 aliphatic rings. The quantitative estimate of drug-likeness (QED) is 0.652. The lowest BCUT2D eigenvalue weighted by molar-refractivity contribution is 0.676. The average molecular weight is 161 g/mol. The Balaban J connectivity index is 1.97. The summed E-state index contributed by atoms with van der Waals surface area (Å²) in [5.41, 5.74) is 4.69. The molecule has 1 saturated carbocycles. The van der Waals surface area contributed by atoms with Crippen LogP contribution >= 0.6 is 0 Å². The Morgan fingerprint density at radius 1 is 1.17 bits per heavy atom. The SMILES string of the molecule is c1c(C2CC2)[nH]c2c1CCCC2. The molecule has 1 fully saturated rings. The van der Waals surface area contributed by atoms with Crippen molar-refractivity contribution in [2.24, 2.45) is 0 Å². The van der Waals surface area contributed by atoms with Crippen LogP contribution in [0.4, 0.5) is 0 Å². The van der Waals surface area contributed by atoms with Crippen LogP contribution in [0, 0.1) is 0 Å². The van der Waals surface area contributed by atoms with Crippen molar-refractivity contribution in [3.05, 3.63) is 23.0 Å². The van der Waals surface area contributed by atoms with Gasteiger partial charge in [-0.3, -0.25) is 0 Å². The van der Waals surface area contributed by atoms with Crippen molar-refractivity contribution in [2.75, 3.05) is 0 Å². The third kappa shape index (κ3) is 0.996. The molecular formula is C11H15N. The van der Waals surface area contributed by atoms with Crippen LogP contribution in [0.2, 0.25) is 0 Å². The first kappa shape index (κ1) is 6.76. The van der Waals surface area contributed by atoms with Crippen LogP contribution in [0.15, 0.2) is 6.07 Å². The molecule has 0 aliphatic heterocycles. The lowest BCUT2D eigenvalue weighted by atomic mass is 9.98. The van der Waals surface area contributed by atoms with Gasteiger partial charge in [0.1, 0.15) is 0 Å². The predicted molar refractivity (Wildman–Crippen MR) is 49.4 cm³/mol. The summed E-state index contributed by atoms with van der Waals surface area (Å²) in [5, 5.41) is 0. The van der Waals surface area contributed by atoms with E-state index in [0.717, 1.165) is 5.92 Å². The monoisotopic (exact) mass is 161 g/mol. The van der Waals surface area contributed by atoms with E-state index < -0.39 is 0 Å². The van der Waals surface area contributed by atoms with Crippen LogP contribution in [0.25, 0.3) is 0 Å². The maximum Gasteiger partial charge on any atom is 0.0183 e. The molecule has 1 aromatic heterocycles. The molecule has 0 atom stereocenters. The van der Waals surface area contributed by atoms with Crippen molar-refractivity contribution in [2.45, 2.75) is 44.4 Å². The van der Waals surface area contributed by atoms with Crippen LogP contribution in [0.3, 0.4) is 0 Å². The summed E-state index contributed by atoms with van der Waals surface area (Å²) in [7, 11) is 0. The normalized spacial score (nSPS) is 22.3. The molecule has 12 heavy (non-hydrogen) atoms. The molecular weight excluding hydrogens is 146 g/mol. The molecule has 1 aromatic rings. The molecule has 0 saturated heterocycles. The van der Waals surface area contributed by atoms with Crippen LogP contribution in [0.1, 0.15) is 48.6 Å². The number of fused-ring (bicyclic) bond motifs is 1. The molecule has 0 bridgehead atoms. The summed E-state index contributed by atoms with van der Waals surface area (Å²) < 4.78 is 0. The second-order valence-electron chi connectivity index (χ2n) is 4.21. The van der Waals surface area contributed by atoms with Gasteiger partial charge in [0, 0.05) is 11.4 Å². The fourth-order valence-electron chi connectivity index (χ4n) is 2.24. The Labute approximate surface area is 73.2 Å². The van der Waals surface area contributed by atoms with Crippen LogP contribution in [-0.4, -0.2) is 4.98 Å². The highest BCUT2D eigenvalue weighted by molar-refractivity contribution is 5.31. The van der Waals surface area contributed by atoms with Gasteiger partial charge < -0.3 is 4.98 Å². The highest BCUT2D eigenvalue weighted by Crippen LogP contribution is 2.40. The summed E-state index contributed by atoms with van der Waals surface area (Å²) >= 11 is 0. The lowest BCUT2D eigenvalue weighted by Crippen LogP contribution is -1.99. The molecule has 0 radical (unpaired) electrons. The highest BCUT2D eigenvalue weighted by atomic mass is 14.8. The second kappa shape index (κ2) is 2.38. The summed E-state index contributed by atoms with van der Waals surface area (Å²) in [5.74, 6) is 0.899. The van der Waals surface area contributed by atoms with E-state index in [9.17, 15) is 0 Å². The number of aromatic nitrogens is 1. The maximum atomic E-state index is 3.60. The number of rotatable bonds is 1. The smallest absolute Gasteiger partial charge is 0.0183 e. The molecule has 0 spiro atoms. The Morgan fingerprint density at radius 3 is 2.75 bits per heavy atom. The van der Waals surface area contributed by atoms with Crippen LogP contribution < -0.4 is 0 Å². The minimum Gasteiger partial charge on any atom is -0.362 e. The molecule has 0 unspecified atom stereocenters. The van der Waals surface area contributed by atoms with Gasteiger partial charge in [-0.2, -0.15) is 0 Å². The number of nitrogens with one attached hydrogen (secondary N) is 1. The number of aromatic amines is 1. The minimum absolute atomic E-state index is 0.899. The van der Waals surface area contributed by atoms with Crippen molar-refractivity contribution in [1.29, 1.82) is 0 Å². The van der Waals surface area contributed by atoms with E-state index in [1.54, 1.807) is 11.3 Å². The number of H-pyrrole nitrogens is 1. The fourth-order valence-corrected chi connectivity index (χ4v) is 2.24. The first-order chi connectivity index (χ1) is 5.93. The third-order valence-corrected chi connectivity index (χ3v) is 3.15. The van der Waals surface area contributed by atoms with Gasteiger partial charge in [-0.05, 0) is 56.1 Å². The number of aryl methyl sites for hydroxylation is 2. The van der Waals surface area contributed by atoms with Crippen molar-refractivity contribution in [3.8, 4) is 0 Å². The molecule has 64 valence electrons. The Bertz CT molecular complexity index is 270. The van der Waals surface area contributed by atoms with E-state index in [-0.39, 0.29) is 0 Å². The molecule has 1 heteroatoms. The fraction of sp³-hybridized carbons (Fsp3) is 0.636. The first-order valence-electron chi connectivity index (χ1n) is 5.14. The number of hydrogen-bond donors (Lipinski definition) is 1. The van der Waals surface area contributed by atoms with Gasteiger partial charge >= 0.3 is 0 Å². The molecule has 3 rings (SSSR count). The number of hydrogen-bond acceptors (Lipinski definition) is 0. The zero-order valence-electron chi connectivity index (χ0n) is 7.40. The molecule has 0 amide bonds. The molecule has 1 nitrogen and oxygen atoms in total. The largest absolute Gasteiger partial charge is 0.362 e. The van der Waals surface area contributed by atoms with E-state index in [1.807, 2.05) is 0 Å². The van der Waals surface area contributed by atoms with E-state index in [0.29, 0.717) is 0 Å². The van der Waals surface area contributed by atoms with Crippen LogP contribution in [-0.2, 0) is 12.8 Å². The summed E-state index contributed by atoms with van der Waals surface area (Å²) in [6.45, 7) is 0. The highest BCUT2D eigenvalue weighted by Gasteiger charge is 2.26. The van der Waals surface area contributed by atoms with Gasteiger partial charge in [-0.15, -0.1) is 0 Å².